The average Bonchev–Trinajstić information content (AvgIpc) is 3.18. The summed E-state index contributed by atoms with van der Waals surface area (Å²) in [6, 6.07) is 6.83. The lowest BCUT2D eigenvalue weighted by molar-refractivity contribution is 0.310. The molecule has 1 saturated carbocycles. The summed E-state index contributed by atoms with van der Waals surface area (Å²) in [5.74, 6) is 0.774. The van der Waals surface area contributed by atoms with Crippen LogP contribution in [0, 0.1) is 5.92 Å². The fourth-order valence-corrected chi connectivity index (χ4v) is 3.56. The van der Waals surface area contributed by atoms with E-state index >= 15 is 0 Å². The minimum absolute atomic E-state index is 0.246. The number of benzene rings is 1. The van der Waals surface area contributed by atoms with Gasteiger partial charge in [-0.25, -0.2) is 0 Å². The Morgan fingerprint density at radius 3 is 2.85 bits per heavy atom. The molecular weight excluding hydrogens is 291 g/mol. The summed E-state index contributed by atoms with van der Waals surface area (Å²) in [6.07, 6.45) is 4.14. The summed E-state index contributed by atoms with van der Waals surface area (Å²) in [7, 11) is 0. The van der Waals surface area contributed by atoms with E-state index in [1.165, 1.54) is 32.4 Å². The molecule has 2 atom stereocenters. The lowest BCUT2D eigenvalue weighted by atomic mass is 10.1. The summed E-state index contributed by atoms with van der Waals surface area (Å²) < 4.78 is 0. The zero-order valence-electron chi connectivity index (χ0n) is 11.9. The van der Waals surface area contributed by atoms with Gasteiger partial charge in [0, 0.05) is 28.7 Å². The van der Waals surface area contributed by atoms with E-state index in [0.29, 0.717) is 0 Å². The Hall–Kier alpha value is -0.280. The van der Waals surface area contributed by atoms with Crippen molar-refractivity contribution in [2.24, 2.45) is 5.92 Å². The predicted molar refractivity (Wildman–Crippen MR) is 85.6 cm³/mol. The van der Waals surface area contributed by atoms with Gasteiger partial charge in [-0.3, -0.25) is 0 Å². The van der Waals surface area contributed by atoms with E-state index in [1.807, 2.05) is 18.2 Å². The quantitative estimate of drug-likeness (QED) is 0.879. The summed E-state index contributed by atoms with van der Waals surface area (Å²) in [4.78, 5) is 2.66. The van der Waals surface area contributed by atoms with Crippen molar-refractivity contribution in [2.45, 2.75) is 38.3 Å². The molecule has 2 fully saturated rings. The van der Waals surface area contributed by atoms with Gasteiger partial charge in [0.25, 0.3) is 0 Å². The molecule has 2 unspecified atom stereocenters. The Morgan fingerprint density at radius 2 is 2.10 bits per heavy atom. The first-order chi connectivity index (χ1) is 9.63. The molecule has 1 saturated heterocycles. The number of nitrogens with one attached hydrogen (secondary N) is 1. The van der Waals surface area contributed by atoms with E-state index in [2.05, 4.69) is 17.1 Å². The van der Waals surface area contributed by atoms with Crippen LogP contribution in [0.3, 0.4) is 0 Å². The summed E-state index contributed by atoms with van der Waals surface area (Å²) in [5, 5.41) is 5.16. The van der Waals surface area contributed by atoms with Crippen molar-refractivity contribution >= 4 is 23.2 Å². The smallest absolute Gasteiger partial charge is 0.0454 e. The van der Waals surface area contributed by atoms with Crippen LogP contribution in [0.25, 0.3) is 0 Å². The molecule has 0 spiro atoms. The average molecular weight is 313 g/mol. The number of nitrogens with zero attached hydrogens (tertiary/aromatic N) is 1. The van der Waals surface area contributed by atoms with Gasteiger partial charge >= 0.3 is 0 Å². The third-order valence-electron chi connectivity index (χ3n) is 4.52. The van der Waals surface area contributed by atoms with Crippen LogP contribution >= 0.6 is 23.2 Å². The molecule has 20 heavy (non-hydrogen) atoms. The van der Waals surface area contributed by atoms with Crippen LogP contribution in [0.1, 0.15) is 37.8 Å². The van der Waals surface area contributed by atoms with E-state index in [1.54, 1.807) is 0 Å². The van der Waals surface area contributed by atoms with Gasteiger partial charge in [-0.1, -0.05) is 23.2 Å². The number of hydrogen-bond acceptors (Lipinski definition) is 2. The highest BCUT2D eigenvalue weighted by Gasteiger charge is 2.34. The first-order valence-corrected chi connectivity index (χ1v) is 8.31. The highest BCUT2D eigenvalue weighted by Crippen LogP contribution is 2.32. The van der Waals surface area contributed by atoms with E-state index < -0.39 is 0 Å². The largest absolute Gasteiger partial charge is 0.310 e. The minimum Gasteiger partial charge on any atom is -0.310 e. The maximum Gasteiger partial charge on any atom is 0.0454 e. The summed E-state index contributed by atoms with van der Waals surface area (Å²) in [6.45, 7) is 5.76. The third kappa shape index (κ3) is 3.48. The highest BCUT2D eigenvalue weighted by molar-refractivity contribution is 6.33. The predicted octanol–water partition coefficient (Wildman–Crippen LogP) is 4.13. The second-order valence-electron chi connectivity index (χ2n) is 6.18. The standard InChI is InChI=1S/C16H22Cl2N2/c1-11(15-8-13(17)2-5-16(15)18)19-9-12-6-7-20(10-12)14-3-4-14/h2,5,8,11-12,14,19H,3-4,6-7,9-10H2,1H3. The molecule has 3 rings (SSSR count). The molecule has 4 heteroatoms. The summed E-state index contributed by atoms with van der Waals surface area (Å²) in [5.41, 5.74) is 1.09. The topological polar surface area (TPSA) is 15.3 Å². The van der Waals surface area contributed by atoms with Gasteiger partial charge in [0.05, 0.1) is 0 Å². The molecule has 2 nitrogen and oxygen atoms in total. The molecule has 1 aliphatic carbocycles. The molecule has 1 N–H and O–H groups in total. The van der Waals surface area contributed by atoms with Gasteiger partial charge in [0.1, 0.15) is 0 Å². The highest BCUT2D eigenvalue weighted by atomic mass is 35.5. The Morgan fingerprint density at radius 1 is 1.30 bits per heavy atom. The molecule has 110 valence electrons. The lowest BCUT2D eigenvalue weighted by Gasteiger charge is -2.19. The SMILES string of the molecule is CC(NCC1CCN(C2CC2)C1)c1cc(Cl)ccc1Cl. The van der Waals surface area contributed by atoms with E-state index in [4.69, 9.17) is 23.2 Å². The fourth-order valence-electron chi connectivity index (χ4n) is 3.10. The van der Waals surface area contributed by atoms with E-state index in [0.717, 1.165) is 34.1 Å². The normalized spacial score (nSPS) is 25.1. The monoisotopic (exact) mass is 312 g/mol. The van der Waals surface area contributed by atoms with Gasteiger partial charge in [0.2, 0.25) is 0 Å². The first-order valence-electron chi connectivity index (χ1n) is 7.56. The molecule has 1 heterocycles. The van der Waals surface area contributed by atoms with Crippen molar-refractivity contribution in [1.82, 2.24) is 10.2 Å². The zero-order valence-corrected chi connectivity index (χ0v) is 13.4. The van der Waals surface area contributed by atoms with Crippen molar-refractivity contribution in [3.63, 3.8) is 0 Å². The van der Waals surface area contributed by atoms with Crippen molar-refractivity contribution in [1.29, 1.82) is 0 Å². The Balaban J connectivity index is 1.51. The molecule has 0 bridgehead atoms. The molecule has 1 aromatic rings. The first kappa shape index (κ1) is 14.6. The lowest BCUT2D eigenvalue weighted by Crippen LogP contribution is -2.29. The van der Waals surface area contributed by atoms with Crippen molar-refractivity contribution in [3.8, 4) is 0 Å². The van der Waals surface area contributed by atoms with E-state index in [-0.39, 0.29) is 6.04 Å². The molecule has 0 radical (unpaired) electrons. The molecular formula is C16H22Cl2N2. The maximum atomic E-state index is 6.25. The number of rotatable bonds is 5. The molecule has 0 amide bonds. The number of hydrogen-bond donors (Lipinski definition) is 1. The molecule has 1 aromatic carbocycles. The van der Waals surface area contributed by atoms with Crippen LogP contribution in [-0.4, -0.2) is 30.6 Å². The number of halogens is 2. The summed E-state index contributed by atoms with van der Waals surface area (Å²) >= 11 is 12.3. The zero-order chi connectivity index (χ0) is 14.1. The fraction of sp³-hybridized carbons (Fsp3) is 0.625. The van der Waals surface area contributed by atoms with Crippen molar-refractivity contribution in [2.75, 3.05) is 19.6 Å². The Kier molecular flexibility index (Phi) is 4.56. The second-order valence-corrected chi connectivity index (χ2v) is 7.02. The van der Waals surface area contributed by atoms with Gasteiger partial charge in [-0.05, 0) is 69.0 Å². The Labute approximate surface area is 131 Å². The van der Waals surface area contributed by atoms with Gasteiger partial charge in [-0.15, -0.1) is 0 Å². The maximum absolute atomic E-state index is 6.25. The second kappa shape index (κ2) is 6.23. The van der Waals surface area contributed by atoms with Crippen LogP contribution in [0.2, 0.25) is 10.0 Å². The third-order valence-corrected chi connectivity index (χ3v) is 5.10. The Bertz CT molecular complexity index is 474. The van der Waals surface area contributed by atoms with Crippen molar-refractivity contribution in [3.05, 3.63) is 33.8 Å². The van der Waals surface area contributed by atoms with E-state index in [9.17, 15) is 0 Å². The molecule has 0 aromatic heterocycles. The van der Waals surface area contributed by atoms with Crippen molar-refractivity contribution < 1.29 is 0 Å². The number of likely N-dealkylation sites (tertiary alicyclic amines) is 1. The van der Waals surface area contributed by atoms with Crippen LogP contribution in [0.4, 0.5) is 0 Å². The minimum atomic E-state index is 0.246. The van der Waals surface area contributed by atoms with Gasteiger partial charge < -0.3 is 10.2 Å². The van der Waals surface area contributed by atoms with Gasteiger partial charge in [-0.2, -0.15) is 0 Å². The van der Waals surface area contributed by atoms with Crippen LogP contribution in [0.15, 0.2) is 18.2 Å². The van der Waals surface area contributed by atoms with Crippen LogP contribution in [-0.2, 0) is 0 Å². The molecule has 1 aliphatic heterocycles. The van der Waals surface area contributed by atoms with Crippen LogP contribution in [0.5, 0.6) is 0 Å². The van der Waals surface area contributed by atoms with Crippen LogP contribution < -0.4 is 5.32 Å². The van der Waals surface area contributed by atoms with Gasteiger partial charge in [0.15, 0.2) is 0 Å². The molecule has 2 aliphatic rings.